The zero-order chi connectivity index (χ0) is 16.9. The summed E-state index contributed by atoms with van der Waals surface area (Å²) >= 11 is 0. The van der Waals surface area contributed by atoms with Crippen molar-refractivity contribution in [1.29, 1.82) is 0 Å². The third-order valence-corrected chi connectivity index (χ3v) is 3.57. The molecule has 0 amide bonds. The van der Waals surface area contributed by atoms with Crippen molar-refractivity contribution in [3.8, 4) is 0 Å². The molecule has 126 valence electrons. The third kappa shape index (κ3) is 10.4. The van der Waals surface area contributed by atoms with Crippen LogP contribution in [0.1, 0.15) is 51.0 Å². The van der Waals surface area contributed by atoms with Gasteiger partial charge in [0.15, 0.2) is 5.78 Å². The van der Waals surface area contributed by atoms with Gasteiger partial charge in [0.05, 0.1) is 12.7 Å². The van der Waals surface area contributed by atoms with Crippen LogP contribution in [0.25, 0.3) is 0 Å². The van der Waals surface area contributed by atoms with Crippen molar-refractivity contribution >= 4 is 11.8 Å². The van der Waals surface area contributed by atoms with Gasteiger partial charge in [0.1, 0.15) is 0 Å². The predicted molar refractivity (Wildman–Crippen MR) is 90.2 cm³/mol. The van der Waals surface area contributed by atoms with Crippen molar-refractivity contribution in [2.45, 2.75) is 58.2 Å². The van der Waals surface area contributed by atoms with Crippen LogP contribution in [0.4, 0.5) is 0 Å². The molecule has 4 heteroatoms. The van der Waals surface area contributed by atoms with Crippen molar-refractivity contribution in [2.75, 3.05) is 0 Å². The molecule has 0 bridgehead atoms. The fraction of sp³-hybridized carbons (Fsp3) is 0.474. The monoisotopic (exact) mass is 318 g/mol. The Kier molecular flexibility index (Phi) is 9.64. The fourth-order valence-electron chi connectivity index (χ4n) is 2.23. The molecule has 1 N–H and O–H groups in total. The van der Waals surface area contributed by atoms with Crippen LogP contribution >= 0.6 is 0 Å². The van der Waals surface area contributed by atoms with Crippen LogP contribution in [0, 0.1) is 0 Å². The number of carbonyl (C=O) groups excluding carboxylic acids is 1. The number of benzene rings is 1. The molecule has 0 saturated heterocycles. The van der Waals surface area contributed by atoms with Crippen LogP contribution in [-0.2, 0) is 20.9 Å². The molecule has 0 aliphatic heterocycles. The highest BCUT2D eigenvalue weighted by Gasteiger charge is 2.03. The minimum absolute atomic E-state index is 0.119. The lowest BCUT2D eigenvalue weighted by Crippen LogP contribution is -2.07. The highest BCUT2D eigenvalue weighted by molar-refractivity contribution is 5.95. The SMILES string of the molecule is CC(CCCCCCC(=O)/C=C/C(=O)O)OCc1ccccc1. The molecule has 23 heavy (non-hydrogen) atoms. The Balaban J connectivity index is 2.00. The Bertz CT molecular complexity index is 493. The summed E-state index contributed by atoms with van der Waals surface area (Å²) in [5, 5.41) is 8.42. The molecule has 1 atom stereocenters. The van der Waals surface area contributed by atoms with E-state index in [2.05, 4.69) is 19.1 Å². The second-order valence-corrected chi connectivity index (χ2v) is 5.70. The van der Waals surface area contributed by atoms with Gasteiger partial charge in [-0.15, -0.1) is 0 Å². The Morgan fingerprint density at radius 2 is 1.78 bits per heavy atom. The van der Waals surface area contributed by atoms with E-state index in [0.29, 0.717) is 13.0 Å². The number of carboxylic acids is 1. The van der Waals surface area contributed by atoms with E-state index in [1.165, 1.54) is 5.56 Å². The van der Waals surface area contributed by atoms with E-state index in [-0.39, 0.29) is 11.9 Å². The second-order valence-electron chi connectivity index (χ2n) is 5.70. The fourth-order valence-corrected chi connectivity index (χ4v) is 2.23. The van der Waals surface area contributed by atoms with Gasteiger partial charge in [-0.2, -0.15) is 0 Å². The van der Waals surface area contributed by atoms with E-state index in [0.717, 1.165) is 44.3 Å². The van der Waals surface area contributed by atoms with Crippen LogP contribution < -0.4 is 0 Å². The molecule has 1 aromatic rings. The summed E-state index contributed by atoms with van der Waals surface area (Å²) in [7, 11) is 0. The minimum Gasteiger partial charge on any atom is -0.478 e. The lowest BCUT2D eigenvalue weighted by atomic mass is 10.1. The highest BCUT2D eigenvalue weighted by atomic mass is 16.5. The number of carboxylic acid groups (broad SMARTS) is 1. The highest BCUT2D eigenvalue weighted by Crippen LogP contribution is 2.11. The third-order valence-electron chi connectivity index (χ3n) is 3.57. The molecule has 0 saturated carbocycles. The summed E-state index contributed by atoms with van der Waals surface area (Å²) in [5.74, 6) is -1.20. The zero-order valence-corrected chi connectivity index (χ0v) is 13.7. The molecule has 0 aromatic heterocycles. The number of rotatable bonds is 12. The number of unbranched alkanes of at least 4 members (excludes halogenated alkanes) is 3. The molecule has 0 fully saturated rings. The van der Waals surface area contributed by atoms with Crippen LogP contribution in [0.15, 0.2) is 42.5 Å². The Labute approximate surface area is 138 Å². The van der Waals surface area contributed by atoms with Crippen LogP contribution in [0.3, 0.4) is 0 Å². The lowest BCUT2D eigenvalue weighted by Gasteiger charge is -2.12. The maximum atomic E-state index is 11.3. The van der Waals surface area contributed by atoms with Crippen molar-refractivity contribution < 1.29 is 19.4 Å². The maximum absolute atomic E-state index is 11.3. The second kappa shape index (κ2) is 11.6. The molecule has 0 heterocycles. The van der Waals surface area contributed by atoms with E-state index < -0.39 is 5.97 Å². The molecule has 0 spiro atoms. The van der Waals surface area contributed by atoms with Gasteiger partial charge in [-0.1, -0.05) is 49.6 Å². The number of ether oxygens (including phenoxy) is 1. The summed E-state index contributed by atoms with van der Waals surface area (Å²) in [6.45, 7) is 2.73. The molecule has 0 aliphatic rings. The number of aliphatic carboxylic acids is 1. The van der Waals surface area contributed by atoms with Gasteiger partial charge in [-0.3, -0.25) is 4.79 Å². The van der Waals surface area contributed by atoms with Crippen molar-refractivity contribution in [1.82, 2.24) is 0 Å². The summed E-state index contributed by atoms with van der Waals surface area (Å²) in [6.07, 6.45) is 7.64. The van der Waals surface area contributed by atoms with Crippen molar-refractivity contribution in [3.63, 3.8) is 0 Å². The lowest BCUT2D eigenvalue weighted by molar-refractivity contribution is -0.131. The predicted octanol–water partition coefficient (Wildman–Crippen LogP) is 4.14. The van der Waals surface area contributed by atoms with E-state index in [4.69, 9.17) is 9.84 Å². The maximum Gasteiger partial charge on any atom is 0.328 e. The van der Waals surface area contributed by atoms with Crippen molar-refractivity contribution in [3.05, 3.63) is 48.0 Å². The Morgan fingerprint density at radius 1 is 1.09 bits per heavy atom. The minimum atomic E-state index is -1.08. The summed E-state index contributed by atoms with van der Waals surface area (Å²) < 4.78 is 5.81. The summed E-state index contributed by atoms with van der Waals surface area (Å²) in [4.78, 5) is 21.6. The van der Waals surface area contributed by atoms with Gasteiger partial charge in [-0.05, 0) is 31.4 Å². The molecule has 4 nitrogen and oxygen atoms in total. The first-order valence-electron chi connectivity index (χ1n) is 8.17. The quantitative estimate of drug-likeness (QED) is 0.464. The standard InChI is InChI=1S/C19H26O4/c1-16(23-15-17-10-6-4-7-11-17)9-5-2-3-8-12-18(20)13-14-19(21)22/h4,6-7,10-11,13-14,16H,2-3,5,8-9,12,15H2,1H3,(H,21,22)/b14-13+. The van der Waals surface area contributed by atoms with Gasteiger partial charge in [0.25, 0.3) is 0 Å². The van der Waals surface area contributed by atoms with Crippen LogP contribution in [0.5, 0.6) is 0 Å². The van der Waals surface area contributed by atoms with E-state index in [1.807, 2.05) is 18.2 Å². The van der Waals surface area contributed by atoms with Gasteiger partial charge >= 0.3 is 5.97 Å². The summed E-state index contributed by atoms with van der Waals surface area (Å²) in [6, 6.07) is 10.1. The average Bonchev–Trinajstić information content (AvgIpc) is 2.55. The smallest absolute Gasteiger partial charge is 0.328 e. The molecule has 0 radical (unpaired) electrons. The van der Waals surface area contributed by atoms with Gasteiger partial charge in [-0.25, -0.2) is 4.79 Å². The molecular formula is C19H26O4. The van der Waals surface area contributed by atoms with Crippen LogP contribution in [0.2, 0.25) is 0 Å². The van der Waals surface area contributed by atoms with Gasteiger partial charge < -0.3 is 9.84 Å². The Morgan fingerprint density at radius 3 is 2.48 bits per heavy atom. The first-order valence-corrected chi connectivity index (χ1v) is 8.17. The molecule has 1 rings (SSSR count). The molecule has 1 unspecified atom stereocenters. The number of ketones is 1. The summed E-state index contributed by atoms with van der Waals surface area (Å²) in [5.41, 5.74) is 1.19. The molecule has 0 aliphatic carbocycles. The molecule has 1 aromatic carbocycles. The molecular weight excluding hydrogens is 292 g/mol. The van der Waals surface area contributed by atoms with Gasteiger partial charge in [0.2, 0.25) is 0 Å². The van der Waals surface area contributed by atoms with E-state index >= 15 is 0 Å². The van der Waals surface area contributed by atoms with E-state index in [1.54, 1.807) is 0 Å². The van der Waals surface area contributed by atoms with Crippen molar-refractivity contribution in [2.24, 2.45) is 0 Å². The number of hydrogen-bond acceptors (Lipinski definition) is 3. The first kappa shape index (κ1) is 19.1. The topological polar surface area (TPSA) is 63.6 Å². The van der Waals surface area contributed by atoms with E-state index in [9.17, 15) is 9.59 Å². The largest absolute Gasteiger partial charge is 0.478 e. The zero-order valence-electron chi connectivity index (χ0n) is 13.7. The first-order chi connectivity index (χ1) is 11.1. The Hall–Kier alpha value is -1.94. The number of carbonyl (C=O) groups is 2. The van der Waals surface area contributed by atoms with Crippen LogP contribution in [-0.4, -0.2) is 23.0 Å². The number of hydrogen-bond donors (Lipinski definition) is 1. The van der Waals surface area contributed by atoms with Gasteiger partial charge in [0, 0.05) is 12.5 Å². The number of allylic oxidation sites excluding steroid dienone is 1. The average molecular weight is 318 g/mol. The normalized spacial score (nSPS) is 12.4.